The van der Waals surface area contributed by atoms with Crippen molar-refractivity contribution in [2.45, 2.75) is 23.0 Å². The maximum absolute atomic E-state index is 13.7. The molecule has 0 spiro atoms. The summed E-state index contributed by atoms with van der Waals surface area (Å²) in [5.41, 5.74) is -0.0264. The van der Waals surface area contributed by atoms with Crippen LogP contribution in [0.2, 0.25) is 0 Å². The van der Waals surface area contributed by atoms with Gasteiger partial charge in [-0.3, -0.25) is 4.79 Å². The predicted octanol–water partition coefficient (Wildman–Crippen LogP) is 1.52. The molecule has 0 unspecified atom stereocenters. The zero-order chi connectivity index (χ0) is 17.8. The third-order valence-electron chi connectivity index (χ3n) is 4.25. The van der Waals surface area contributed by atoms with Crippen LogP contribution in [0.15, 0.2) is 47.4 Å². The van der Waals surface area contributed by atoms with Gasteiger partial charge in [-0.2, -0.15) is 0 Å². The first-order valence-corrected chi connectivity index (χ1v) is 9.11. The van der Waals surface area contributed by atoms with Crippen molar-refractivity contribution in [1.29, 1.82) is 0 Å². The molecule has 1 aliphatic rings. The lowest BCUT2D eigenvalue weighted by molar-refractivity contribution is -0.0000144. The Morgan fingerprint density at radius 2 is 1.77 bits per heavy atom. The number of anilines is 1. The topological polar surface area (TPSA) is 32.3 Å². The van der Waals surface area contributed by atoms with Crippen LogP contribution < -0.4 is 17.7 Å². The molecular weight excluding hydrogens is 378 g/mol. The number of likely N-dealkylation sites (tertiary alicyclic amines) is 1. The summed E-state index contributed by atoms with van der Waals surface area (Å²) in [6.45, 7) is 2.17. The van der Waals surface area contributed by atoms with Crippen molar-refractivity contribution in [3.05, 3.63) is 59.7 Å². The van der Waals surface area contributed by atoms with Crippen molar-refractivity contribution < 1.29 is 27.4 Å². The number of carbonyl (C=O) groups is 1. The molecule has 1 saturated heterocycles. The molecule has 2 aromatic carbocycles. The van der Waals surface area contributed by atoms with Crippen molar-refractivity contribution in [1.82, 2.24) is 4.90 Å². The molecule has 1 amide bonds. The van der Waals surface area contributed by atoms with E-state index in [1.165, 1.54) is 6.07 Å². The number of thioether (sulfide) groups is 1. The van der Waals surface area contributed by atoms with Gasteiger partial charge in [-0.25, -0.2) is 8.78 Å². The first kappa shape index (κ1) is 20.7. The number of nitrogens with zero attached hydrogens (tertiary/aromatic N) is 1. The Morgan fingerprint density at radius 3 is 2.42 bits per heavy atom. The molecule has 1 fully saturated rings. The summed E-state index contributed by atoms with van der Waals surface area (Å²) in [6, 6.07) is 10.8. The highest BCUT2D eigenvalue weighted by atomic mass is 35.5. The lowest BCUT2D eigenvalue weighted by atomic mass is 10.1. The highest BCUT2D eigenvalue weighted by Crippen LogP contribution is 2.31. The van der Waals surface area contributed by atoms with E-state index in [9.17, 15) is 13.6 Å². The Hall–Kier alpha value is -1.63. The van der Waals surface area contributed by atoms with Gasteiger partial charge < -0.3 is 22.6 Å². The molecule has 0 aliphatic carbocycles. The molecule has 0 atom stereocenters. The Kier molecular flexibility index (Phi) is 7.43. The van der Waals surface area contributed by atoms with Crippen molar-refractivity contribution in [2.75, 3.05) is 25.5 Å². The lowest BCUT2D eigenvalue weighted by Gasteiger charge is -2.28. The highest BCUT2D eigenvalue weighted by molar-refractivity contribution is 8.00. The van der Waals surface area contributed by atoms with Gasteiger partial charge in [-0.15, -0.1) is 11.8 Å². The molecule has 1 aliphatic heterocycles. The number of halogens is 3. The summed E-state index contributed by atoms with van der Waals surface area (Å²) in [4.78, 5) is 15.5. The van der Waals surface area contributed by atoms with E-state index in [1.54, 1.807) is 17.8 Å². The molecule has 3 rings (SSSR count). The molecule has 0 aromatic heterocycles. The molecule has 26 heavy (non-hydrogen) atoms. The summed E-state index contributed by atoms with van der Waals surface area (Å²) in [6.07, 6.45) is 2.25. The zero-order valence-corrected chi connectivity index (χ0v) is 15.9. The minimum Gasteiger partial charge on any atom is -1.00 e. The number of piperidine rings is 1. The van der Waals surface area contributed by atoms with Crippen molar-refractivity contribution in [2.24, 2.45) is 0 Å². The van der Waals surface area contributed by atoms with E-state index < -0.39 is 23.1 Å². The SMILES string of the molecule is CN1CCC(Sc2cccc(NC(=O)c3c(F)cccc3F)c2)CC1.[Cl-].[H+]. The van der Waals surface area contributed by atoms with Crippen LogP contribution in [0.4, 0.5) is 14.5 Å². The highest BCUT2D eigenvalue weighted by Gasteiger charge is 2.19. The smallest absolute Gasteiger partial charge is 1.00 e. The second kappa shape index (κ2) is 9.35. The van der Waals surface area contributed by atoms with E-state index in [0.29, 0.717) is 10.9 Å². The van der Waals surface area contributed by atoms with Crippen LogP contribution in [0.1, 0.15) is 24.6 Å². The lowest BCUT2D eigenvalue weighted by Crippen LogP contribution is -3.00. The minimum atomic E-state index is -0.866. The zero-order valence-electron chi connectivity index (χ0n) is 15.3. The molecule has 0 bridgehead atoms. The Balaban J connectivity index is 0.00000182. The first-order chi connectivity index (χ1) is 12.0. The maximum Gasteiger partial charge on any atom is 1.00 e. The Labute approximate surface area is 164 Å². The molecule has 0 saturated carbocycles. The van der Waals surface area contributed by atoms with Gasteiger partial charge in [0.15, 0.2) is 0 Å². The van der Waals surface area contributed by atoms with Crippen LogP contribution in [0.25, 0.3) is 0 Å². The normalized spacial score (nSPS) is 15.3. The standard InChI is InChI=1S/C19H20F2N2OS.ClH/c1-23-10-8-14(9-11-23)25-15-5-2-4-13(12-15)22-19(24)18-16(20)6-3-7-17(18)21;/h2-7,12,14H,8-11H2,1H3,(H,22,24);1H. The number of hydrogen-bond acceptors (Lipinski definition) is 3. The van der Waals surface area contributed by atoms with Gasteiger partial charge in [0.25, 0.3) is 5.91 Å². The number of benzene rings is 2. The fourth-order valence-electron chi connectivity index (χ4n) is 2.85. The van der Waals surface area contributed by atoms with Crippen molar-refractivity contribution in [3.8, 4) is 0 Å². The fraction of sp³-hybridized carbons (Fsp3) is 0.316. The van der Waals surface area contributed by atoms with Crippen LogP contribution >= 0.6 is 11.8 Å². The van der Waals surface area contributed by atoms with Crippen LogP contribution in [0, 0.1) is 11.6 Å². The molecule has 1 N–H and O–H groups in total. The predicted molar refractivity (Wildman–Crippen MR) is 98.2 cm³/mol. The maximum atomic E-state index is 13.7. The average molecular weight is 399 g/mol. The van der Waals surface area contributed by atoms with E-state index in [0.717, 1.165) is 43.0 Å². The van der Waals surface area contributed by atoms with Gasteiger partial charge in [0.1, 0.15) is 17.2 Å². The van der Waals surface area contributed by atoms with Gasteiger partial charge in [0, 0.05) is 15.8 Å². The third kappa shape index (κ3) is 5.19. The van der Waals surface area contributed by atoms with Crippen LogP contribution in [-0.2, 0) is 0 Å². The number of rotatable bonds is 4. The largest absolute Gasteiger partial charge is 1.00 e. The van der Waals surface area contributed by atoms with E-state index in [1.807, 2.05) is 18.2 Å². The molecule has 140 valence electrons. The molecule has 2 aromatic rings. The summed E-state index contributed by atoms with van der Waals surface area (Å²) in [7, 11) is 2.12. The minimum absolute atomic E-state index is 0. The van der Waals surface area contributed by atoms with E-state index >= 15 is 0 Å². The van der Waals surface area contributed by atoms with Gasteiger partial charge in [-0.05, 0) is 63.3 Å². The van der Waals surface area contributed by atoms with E-state index in [2.05, 4.69) is 17.3 Å². The Morgan fingerprint density at radius 1 is 1.15 bits per heavy atom. The van der Waals surface area contributed by atoms with E-state index in [4.69, 9.17) is 0 Å². The summed E-state index contributed by atoms with van der Waals surface area (Å²) < 4.78 is 27.4. The molecule has 0 radical (unpaired) electrons. The number of hydrogen-bond donors (Lipinski definition) is 1. The monoisotopic (exact) mass is 398 g/mol. The molecule has 1 heterocycles. The summed E-state index contributed by atoms with van der Waals surface area (Å²) >= 11 is 1.78. The van der Waals surface area contributed by atoms with Crippen LogP contribution in [0.3, 0.4) is 0 Å². The van der Waals surface area contributed by atoms with Crippen molar-refractivity contribution in [3.63, 3.8) is 0 Å². The number of nitrogens with one attached hydrogen (secondary N) is 1. The first-order valence-electron chi connectivity index (χ1n) is 8.23. The van der Waals surface area contributed by atoms with Gasteiger partial charge in [0.05, 0.1) is 0 Å². The van der Waals surface area contributed by atoms with Gasteiger partial charge in [-0.1, -0.05) is 12.1 Å². The third-order valence-corrected chi connectivity index (χ3v) is 5.58. The average Bonchev–Trinajstić information content (AvgIpc) is 2.57. The summed E-state index contributed by atoms with van der Waals surface area (Å²) in [5.74, 6) is -2.51. The van der Waals surface area contributed by atoms with Gasteiger partial charge in [0.2, 0.25) is 0 Å². The molecular formula is C19H21ClF2N2OS. The molecule has 7 heteroatoms. The quantitative estimate of drug-likeness (QED) is 0.847. The number of carbonyl (C=O) groups excluding carboxylic acids is 1. The molecule has 3 nitrogen and oxygen atoms in total. The van der Waals surface area contributed by atoms with E-state index in [-0.39, 0.29) is 13.8 Å². The van der Waals surface area contributed by atoms with Gasteiger partial charge >= 0.3 is 1.43 Å². The van der Waals surface area contributed by atoms with Crippen molar-refractivity contribution >= 4 is 23.4 Å². The Bertz CT molecular complexity index is 753. The second-order valence-corrected chi connectivity index (χ2v) is 7.57. The fourth-order valence-corrected chi connectivity index (χ4v) is 4.03. The second-order valence-electron chi connectivity index (χ2n) is 6.20. The van der Waals surface area contributed by atoms with Crippen LogP contribution in [0.5, 0.6) is 0 Å². The number of amides is 1. The summed E-state index contributed by atoms with van der Waals surface area (Å²) in [5, 5.41) is 3.13. The van der Waals surface area contributed by atoms with Crippen LogP contribution in [-0.4, -0.2) is 36.2 Å².